The summed E-state index contributed by atoms with van der Waals surface area (Å²) >= 11 is 0. The Hall–Kier alpha value is -2.19. The highest BCUT2D eigenvalue weighted by atomic mass is 16.6. The first-order chi connectivity index (χ1) is 11.9. The molecule has 0 saturated carbocycles. The molecule has 0 aromatic carbocycles. The van der Waals surface area contributed by atoms with Crippen molar-refractivity contribution in [3.63, 3.8) is 0 Å². The van der Waals surface area contributed by atoms with E-state index in [1.54, 1.807) is 21.0 Å². The van der Waals surface area contributed by atoms with E-state index in [0.717, 1.165) is 6.42 Å². The van der Waals surface area contributed by atoms with Crippen molar-refractivity contribution < 1.29 is 14.3 Å². The summed E-state index contributed by atoms with van der Waals surface area (Å²) < 4.78 is 11.5. The van der Waals surface area contributed by atoms with Gasteiger partial charge < -0.3 is 14.4 Å². The lowest BCUT2D eigenvalue weighted by Crippen LogP contribution is -2.42. The second-order valence-electron chi connectivity index (χ2n) is 6.70. The van der Waals surface area contributed by atoms with Gasteiger partial charge >= 0.3 is 0 Å². The van der Waals surface area contributed by atoms with Crippen LogP contribution in [-0.2, 0) is 20.7 Å². The molecule has 3 rings (SSSR count). The van der Waals surface area contributed by atoms with Crippen LogP contribution in [0.1, 0.15) is 32.8 Å². The monoisotopic (exact) mass is 348 g/mol. The Balaban J connectivity index is 1.96. The Kier molecular flexibility index (Phi) is 4.91. The molecule has 1 aromatic heterocycles. The van der Waals surface area contributed by atoms with E-state index >= 15 is 0 Å². The van der Waals surface area contributed by atoms with Gasteiger partial charge in [-0.1, -0.05) is 19.9 Å². The maximum absolute atomic E-state index is 12.4. The minimum Gasteiger partial charge on any atom is -0.377 e. The number of nitrogens with zero attached hydrogens (tertiary/aromatic N) is 2. The van der Waals surface area contributed by atoms with Gasteiger partial charge in [0.25, 0.3) is 5.56 Å². The van der Waals surface area contributed by atoms with Gasteiger partial charge in [0, 0.05) is 32.1 Å². The predicted molar refractivity (Wildman–Crippen MR) is 93.4 cm³/mol. The van der Waals surface area contributed by atoms with E-state index in [4.69, 9.17) is 9.47 Å². The molecule has 0 bridgehead atoms. The van der Waals surface area contributed by atoms with Gasteiger partial charge in [0.05, 0.1) is 11.7 Å². The first-order valence-electron chi connectivity index (χ1n) is 8.48. The molecular formula is C17H24N4O4. The number of ether oxygens (including phenoxy) is 2. The fourth-order valence-corrected chi connectivity index (χ4v) is 3.05. The van der Waals surface area contributed by atoms with Crippen LogP contribution in [0.15, 0.2) is 17.1 Å². The second-order valence-corrected chi connectivity index (χ2v) is 6.70. The van der Waals surface area contributed by atoms with Crippen molar-refractivity contribution in [2.24, 2.45) is 5.92 Å². The highest BCUT2D eigenvalue weighted by molar-refractivity contribution is 5.90. The molecule has 1 saturated heterocycles. The SMILES string of the molecule is COC1C[C@@H](C)O[C@H]1N1C=CCc2c1nc(NC(=O)C(C)C)[nH]c2=O. The van der Waals surface area contributed by atoms with Gasteiger partial charge in [-0.05, 0) is 6.92 Å². The molecule has 8 heteroatoms. The van der Waals surface area contributed by atoms with E-state index in [1.807, 2.05) is 24.1 Å². The number of allylic oxidation sites excluding steroid dienone is 1. The fourth-order valence-electron chi connectivity index (χ4n) is 3.05. The molecule has 3 heterocycles. The minimum absolute atomic E-state index is 0.0517. The number of rotatable bonds is 4. The lowest BCUT2D eigenvalue weighted by atomic mass is 10.1. The molecular weight excluding hydrogens is 324 g/mol. The number of nitrogens with one attached hydrogen (secondary N) is 2. The molecule has 1 unspecified atom stereocenters. The van der Waals surface area contributed by atoms with Gasteiger partial charge in [-0.15, -0.1) is 0 Å². The average molecular weight is 348 g/mol. The van der Waals surface area contributed by atoms with Crippen molar-refractivity contribution in [1.82, 2.24) is 9.97 Å². The third-order valence-corrected chi connectivity index (χ3v) is 4.42. The van der Waals surface area contributed by atoms with Crippen molar-refractivity contribution in [3.8, 4) is 0 Å². The summed E-state index contributed by atoms with van der Waals surface area (Å²) in [5, 5.41) is 2.65. The topological polar surface area (TPSA) is 96.6 Å². The molecule has 136 valence electrons. The van der Waals surface area contributed by atoms with Crippen LogP contribution < -0.4 is 15.8 Å². The van der Waals surface area contributed by atoms with Crippen LogP contribution in [0.3, 0.4) is 0 Å². The summed E-state index contributed by atoms with van der Waals surface area (Å²) in [6.07, 6.45) is 4.56. The van der Waals surface area contributed by atoms with Gasteiger partial charge in [0.15, 0.2) is 6.23 Å². The summed E-state index contributed by atoms with van der Waals surface area (Å²) in [7, 11) is 1.65. The number of fused-ring (bicyclic) bond motifs is 1. The molecule has 0 radical (unpaired) electrons. The standard InChI is InChI=1S/C17H24N4O4/c1-9(2)14(22)19-17-18-13-11(15(23)20-17)6-5-7-21(13)16-12(24-4)8-10(3)25-16/h5,7,9-10,12,16H,6,8H2,1-4H3,(H2,18,19,20,22,23)/t10-,12?,16-/m1/s1. The third-order valence-electron chi connectivity index (χ3n) is 4.42. The van der Waals surface area contributed by atoms with E-state index in [1.165, 1.54) is 0 Å². The predicted octanol–water partition coefficient (Wildman–Crippen LogP) is 1.39. The molecule has 8 nitrogen and oxygen atoms in total. The highest BCUT2D eigenvalue weighted by Gasteiger charge is 2.39. The number of carbonyl (C=O) groups excluding carboxylic acids is 1. The fraction of sp³-hybridized carbons (Fsp3) is 0.588. The van der Waals surface area contributed by atoms with Crippen molar-refractivity contribution >= 4 is 17.7 Å². The summed E-state index contributed by atoms with van der Waals surface area (Å²) in [4.78, 5) is 33.3. The highest BCUT2D eigenvalue weighted by Crippen LogP contribution is 2.32. The number of H-pyrrole nitrogens is 1. The number of hydrogen-bond donors (Lipinski definition) is 2. The van der Waals surface area contributed by atoms with Crippen molar-refractivity contribution in [1.29, 1.82) is 0 Å². The Morgan fingerprint density at radius 2 is 2.28 bits per heavy atom. The number of carbonyl (C=O) groups is 1. The molecule has 0 spiro atoms. The molecule has 1 amide bonds. The summed E-state index contributed by atoms with van der Waals surface area (Å²) in [6, 6.07) is 0. The van der Waals surface area contributed by atoms with E-state index in [2.05, 4.69) is 15.3 Å². The van der Waals surface area contributed by atoms with Crippen LogP contribution in [0.2, 0.25) is 0 Å². The van der Waals surface area contributed by atoms with E-state index in [0.29, 0.717) is 17.8 Å². The third kappa shape index (κ3) is 3.45. The number of hydrogen-bond acceptors (Lipinski definition) is 6. The Bertz CT molecular complexity index is 743. The smallest absolute Gasteiger partial charge is 0.257 e. The molecule has 1 aromatic rings. The maximum atomic E-state index is 12.4. The van der Waals surface area contributed by atoms with Gasteiger partial charge in [0.2, 0.25) is 11.9 Å². The number of amides is 1. The van der Waals surface area contributed by atoms with Gasteiger partial charge in [-0.2, -0.15) is 4.98 Å². The van der Waals surface area contributed by atoms with Crippen molar-refractivity contribution in [2.75, 3.05) is 17.3 Å². The largest absolute Gasteiger partial charge is 0.377 e. The lowest BCUT2D eigenvalue weighted by Gasteiger charge is -2.32. The zero-order valence-corrected chi connectivity index (χ0v) is 14.9. The normalized spacial score (nSPS) is 25.3. The van der Waals surface area contributed by atoms with Gasteiger partial charge in [-0.3, -0.25) is 19.9 Å². The van der Waals surface area contributed by atoms with Crippen LogP contribution in [-0.4, -0.2) is 41.4 Å². The first-order valence-corrected chi connectivity index (χ1v) is 8.48. The second kappa shape index (κ2) is 6.97. The summed E-state index contributed by atoms with van der Waals surface area (Å²) in [5.74, 6) is 0.213. The zero-order chi connectivity index (χ0) is 18.1. The van der Waals surface area contributed by atoms with Crippen LogP contribution in [0.25, 0.3) is 0 Å². The molecule has 2 aliphatic heterocycles. The molecule has 3 atom stereocenters. The lowest BCUT2D eigenvalue weighted by molar-refractivity contribution is -0.118. The van der Waals surface area contributed by atoms with Gasteiger partial charge in [-0.25, -0.2) is 0 Å². The first kappa shape index (κ1) is 17.6. The van der Waals surface area contributed by atoms with Crippen LogP contribution in [0.4, 0.5) is 11.8 Å². The van der Waals surface area contributed by atoms with E-state index in [9.17, 15) is 9.59 Å². The van der Waals surface area contributed by atoms with Crippen molar-refractivity contribution in [3.05, 3.63) is 28.2 Å². The molecule has 1 fully saturated rings. The number of aromatic amines is 1. The van der Waals surface area contributed by atoms with Crippen LogP contribution >= 0.6 is 0 Å². The summed E-state index contributed by atoms with van der Waals surface area (Å²) in [6.45, 7) is 5.54. The quantitative estimate of drug-likeness (QED) is 0.854. The number of aromatic nitrogens is 2. The van der Waals surface area contributed by atoms with Crippen LogP contribution in [0.5, 0.6) is 0 Å². The Morgan fingerprint density at radius 3 is 2.96 bits per heavy atom. The minimum atomic E-state index is -0.363. The molecule has 2 aliphatic rings. The van der Waals surface area contributed by atoms with E-state index in [-0.39, 0.29) is 41.8 Å². The Morgan fingerprint density at radius 1 is 1.52 bits per heavy atom. The summed E-state index contributed by atoms with van der Waals surface area (Å²) in [5.41, 5.74) is 0.279. The number of anilines is 2. The average Bonchev–Trinajstić information content (AvgIpc) is 2.95. The molecule has 0 aliphatic carbocycles. The Labute approximate surface area is 146 Å². The molecule has 25 heavy (non-hydrogen) atoms. The zero-order valence-electron chi connectivity index (χ0n) is 14.9. The van der Waals surface area contributed by atoms with Crippen molar-refractivity contribution in [2.45, 2.75) is 52.0 Å². The van der Waals surface area contributed by atoms with Crippen LogP contribution in [0, 0.1) is 5.92 Å². The van der Waals surface area contributed by atoms with Gasteiger partial charge in [0.1, 0.15) is 11.9 Å². The maximum Gasteiger partial charge on any atom is 0.257 e. The van der Waals surface area contributed by atoms with E-state index < -0.39 is 0 Å². The number of methoxy groups -OCH3 is 1. The molecule has 2 N–H and O–H groups in total.